The minimum atomic E-state index is 0.0528. The first-order valence-electron chi connectivity index (χ1n) is 11.8. The van der Waals surface area contributed by atoms with Gasteiger partial charge in [0.15, 0.2) is 0 Å². The molecule has 1 aliphatic heterocycles. The van der Waals surface area contributed by atoms with Crippen LogP contribution < -0.4 is 10.1 Å². The number of likely N-dealkylation sites (tertiary alicyclic amines) is 1. The molecule has 1 atom stereocenters. The Morgan fingerprint density at radius 3 is 2.91 bits per heavy atom. The highest BCUT2D eigenvalue weighted by molar-refractivity contribution is 5.94. The fraction of sp³-hybridized carbons (Fsp3) is 0.560. The number of benzene rings is 1. The van der Waals surface area contributed by atoms with Crippen LogP contribution >= 0.6 is 0 Å². The van der Waals surface area contributed by atoms with E-state index in [0.29, 0.717) is 18.9 Å². The zero-order chi connectivity index (χ0) is 22.5. The maximum Gasteiger partial charge on any atom is 0.272 e. The SMILES string of the molecule is COc1cccc(CNC(=O)CC[C@@H]2CCCN(C(=O)c3c4c(nn3C)CCCC4)C2)c1. The van der Waals surface area contributed by atoms with Crippen LogP contribution in [0.15, 0.2) is 24.3 Å². The highest BCUT2D eigenvalue weighted by atomic mass is 16.5. The lowest BCUT2D eigenvalue weighted by atomic mass is 9.92. The van der Waals surface area contributed by atoms with Crippen molar-refractivity contribution >= 4 is 11.8 Å². The van der Waals surface area contributed by atoms with Crippen molar-refractivity contribution in [1.29, 1.82) is 0 Å². The summed E-state index contributed by atoms with van der Waals surface area (Å²) < 4.78 is 7.02. The molecular formula is C25H34N4O3. The Hall–Kier alpha value is -2.83. The molecule has 0 bridgehead atoms. The van der Waals surface area contributed by atoms with Gasteiger partial charge in [0, 0.05) is 38.7 Å². The van der Waals surface area contributed by atoms with E-state index in [4.69, 9.17) is 4.74 Å². The van der Waals surface area contributed by atoms with Gasteiger partial charge in [0.05, 0.1) is 12.8 Å². The lowest BCUT2D eigenvalue weighted by Crippen LogP contribution is -2.41. The van der Waals surface area contributed by atoms with Crippen LogP contribution in [0.3, 0.4) is 0 Å². The van der Waals surface area contributed by atoms with Crippen LogP contribution in [0, 0.1) is 5.92 Å². The maximum atomic E-state index is 13.3. The molecule has 4 rings (SSSR count). The molecule has 1 fully saturated rings. The van der Waals surface area contributed by atoms with E-state index in [1.54, 1.807) is 11.8 Å². The van der Waals surface area contributed by atoms with Crippen molar-refractivity contribution in [3.8, 4) is 5.75 Å². The summed E-state index contributed by atoms with van der Waals surface area (Å²) in [5.74, 6) is 1.31. The Balaban J connectivity index is 1.28. The van der Waals surface area contributed by atoms with Gasteiger partial charge in [-0.2, -0.15) is 5.10 Å². The maximum absolute atomic E-state index is 13.3. The van der Waals surface area contributed by atoms with E-state index in [-0.39, 0.29) is 11.8 Å². The summed E-state index contributed by atoms with van der Waals surface area (Å²) in [7, 11) is 3.53. The number of piperidine rings is 1. The summed E-state index contributed by atoms with van der Waals surface area (Å²) >= 11 is 0. The van der Waals surface area contributed by atoms with Gasteiger partial charge in [-0.3, -0.25) is 14.3 Å². The molecule has 2 aromatic rings. The summed E-state index contributed by atoms with van der Waals surface area (Å²) in [5.41, 5.74) is 4.05. The Kier molecular flexibility index (Phi) is 7.12. The Morgan fingerprint density at radius 1 is 1.22 bits per heavy atom. The van der Waals surface area contributed by atoms with Gasteiger partial charge in [-0.15, -0.1) is 0 Å². The number of aromatic nitrogens is 2. The number of rotatable bonds is 7. The monoisotopic (exact) mass is 438 g/mol. The molecule has 1 aromatic heterocycles. The van der Waals surface area contributed by atoms with E-state index in [2.05, 4.69) is 10.4 Å². The molecule has 172 valence electrons. The summed E-state index contributed by atoms with van der Waals surface area (Å²) in [6, 6.07) is 7.72. The highest BCUT2D eigenvalue weighted by Crippen LogP contribution is 2.27. The van der Waals surface area contributed by atoms with E-state index >= 15 is 0 Å². The van der Waals surface area contributed by atoms with Gasteiger partial charge in [-0.1, -0.05) is 12.1 Å². The minimum absolute atomic E-state index is 0.0528. The van der Waals surface area contributed by atoms with Crippen molar-refractivity contribution < 1.29 is 14.3 Å². The predicted octanol–water partition coefficient (Wildman–Crippen LogP) is 3.26. The molecule has 0 saturated carbocycles. The van der Waals surface area contributed by atoms with Gasteiger partial charge < -0.3 is 15.0 Å². The number of nitrogens with one attached hydrogen (secondary N) is 1. The molecule has 1 saturated heterocycles. The zero-order valence-electron chi connectivity index (χ0n) is 19.2. The van der Waals surface area contributed by atoms with E-state index < -0.39 is 0 Å². The van der Waals surface area contributed by atoms with Crippen molar-refractivity contribution in [1.82, 2.24) is 20.0 Å². The van der Waals surface area contributed by atoms with Crippen LogP contribution in [-0.2, 0) is 31.2 Å². The normalized spacial score (nSPS) is 18.2. The van der Waals surface area contributed by atoms with Gasteiger partial charge in [0.25, 0.3) is 5.91 Å². The van der Waals surface area contributed by atoms with Gasteiger partial charge in [0.2, 0.25) is 5.91 Å². The van der Waals surface area contributed by atoms with Crippen molar-refractivity contribution in [2.45, 2.75) is 57.9 Å². The van der Waals surface area contributed by atoms with Gasteiger partial charge >= 0.3 is 0 Å². The molecule has 2 amide bonds. The average Bonchev–Trinajstić information content (AvgIpc) is 3.16. The fourth-order valence-corrected chi connectivity index (χ4v) is 4.99. The third-order valence-corrected chi connectivity index (χ3v) is 6.73. The Labute approximate surface area is 190 Å². The third-order valence-electron chi connectivity index (χ3n) is 6.73. The standard InChI is InChI=1S/C25H34N4O3/c1-28-24(21-10-3-4-11-22(21)27-28)25(31)29-14-6-8-18(17-29)12-13-23(30)26-16-19-7-5-9-20(15-19)32-2/h5,7,9,15,18H,3-4,6,8,10-14,16-17H2,1-2H3,(H,26,30)/t18-/m0/s1. The summed E-state index contributed by atoms with van der Waals surface area (Å²) in [5, 5.41) is 7.61. The number of hydrogen-bond acceptors (Lipinski definition) is 4. The first-order valence-corrected chi connectivity index (χ1v) is 11.8. The number of hydrogen-bond donors (Lipinski definition) is 1. The van der Waals surface area contributed by atoms with Crippen molar-refractivity contribution in [2.75, 3.05) is 20.2 Å². The second-order valence-electron chi connectivity index (χ2n) is 9.03. The van der Waals surface area contributed by atoms with Crippen LogP contribution in [0.2, 0.25) is 0 Å². The first kappa shape index (κ1) is 22.4. The molecule has 2 heterocycles. The molecule has 32 heavy (non-hydrogen) atoms. The smallest absolute Gasteiger partial charge is 0.272 e. The molecule has 1 N–H and O–H groups in total. The summed E-state index contributed by atoms with van der Waals surface area (Å²) in [6.45, 7) is 2.01. The van der Waals surface area contributed by atoms with Crippen LogP contribution in [0.5, 0.6) is 5.75 Å². The van der Waals surface area contributed by atoms with Crippen molar-refractivity contribution in [2.24, 2.45) is 13.0 Å². The van der Waals surface area contributed by atoms with Crippen LogP contribution in [0.4, 0.5) is 0 Å². The van der Waals surface area contributed by atoms with Crippen molar-refractivity contribution in [3.63, 3.8) is 0 Å². The number of methoxy groups -OCH3 is 1. The first-order chi connectivity index (χ1) is 15.5. The number of nitrogens with zero attached hydrogens (tertiary/aromatic N) is 3. The number of ether oxygens (including phenoxy) is 1. The van der Waals surface area contributed by atoms with E-state index in [1.165, 1.54) is 0 Å². The van der Waals surface area contributed by atoms with Gasteiger partial charge in [0.1, 0.15) is 11.4 Å². The summed E-state index contributed by atoms with van der Waals surface area (Å²) in [4.78, 5) is 27.7. The van der Waals surface area contributed by atoms with Gasteiger partial charge in [-0.05, 0) is 68.6 Å². The lowest BCUT2D eigenvalue weighted by molar-refractivity contribution is -0.121. The van der Waals surface area contributed by atoms with E-state index in [9.17, 15) is 9.59 Å². The second-order valence-corrected chi connectivity index (χ2v) is 9.03. The Morgan fingerprint density at radius 2 is 2.06 bits per heavy atom. The highest BCUT2D eigenvalue weighted by Gasteiger charge is 2.30. The molecular weight excluding hydrogens is 404 g/mol. The molecule has 1 aromatic carbocycles. The zero-order valence-corrected chi connectivity index (χ0v) is 19.2. The molecule has 0 spiro atoms. The number of carbonyl (C=O) groups is 2. The van der Waals surface area contributed by atoms with Crippen LogP contribution in [0.25, 0.3) is 0 Å². The topological polar surface area (TPSA) is 76.5 Å². The molecule has 1 aliphatic carbocycles. The average molecular weight is 439 g/mol. The van der Waals surface area contributed by atoms with Crippen molar-refractivity contribution in [3.05, 3.63) is 46.8 Å². The molecule has 7 heteroatoms. The Bertz CT molecular complexity index is 968. The molecule has 0 radical (unpaired) electrons. The largest absolute Gasteiger partial charge is 0.497 e. The number of carbonyl (C=O) groups excluding carboxylic acids is 2. The van der Waals surface area contributed by atoms with E-state index in [0.717, 1.165) is 86.3 Å². The third kappa shape index (κ3) is 5.14. The van der Waals surface area contributed by atoms with Crippen LogP contribution in [0.1, 0.15) is 65.8 Å². The van der Waals surface area contributed by atoms with Gasteiger partial charge in [-0.25, -0.2) is 0 Å². The number of fused-ring (bicyclic) bond motifs is 1. The van der Waals surface area contributed by atoms with E-state index in [1.807, 2.05) is 36.2 Å². The minimum Gasteiger partial charge on any atom is -0.497 e. The number of aryl methyl sites for hydroxylation is 2. The molecule has 7 nitrogen and oxygen atoms in total. The second kappa shape index (κ2) is 10.2. The van der Waals surface area contributed by atoms with Crippen LogP contribution in [-0.4, -0.2) is 46.7 Å². The molecule has 0 unspecified atom stereocenters. The number of amides is 2. The molecule has 2 aliphatic rings. The quantitative estimate of drug-likeness (QED) is 0.720. The summed E-state index contributed by atoms with van der Waals surface area (Å²) in [6.07, 6.45) is 7.56. The fourth-order valence-electron chi connectivity index (χ4n) is 4.99. The predicted molar refractivity (Wildman–Crippen MR) is 123 cm³/mol. The lowest BCUT2D eigenvalue weighted by Gasteiger charge is -2.33.